The van der Waals surface area contributed by atoms with Gasteiger partial charge in [0.25, 0.3) is 0 Å². The molecule has 8 heteroatoms. The molecule has 0 aliphatic carbocycles. The van der Waals surface area contributed by atoms with Crippen LogP contribution < -0.4 is 0 Å². The monoisotopic (exact) mass is 810 g/mol. The number of benzene rings is 2. The van der Waals surface area contributed by atoms with Crippen LogP contribution in [-0.4, -0.2) is 16.6 Å². The summed E-state index contributed by atoms with van der Waals surface area (Å²) in [7, 11) is 0. The molecule has 0 saturated carbocycles. The minimum atomic E-state index is -0.250. The third-order valence-corrected chi connectivity index (χ3v) is 3.57. The SMILES string of the molecule is [La].[La].[NH-]C[NH-].[Y].[Y].c1ccc(-c2ccncc2)cc1.c1ccc(-c2ccncc2)cc1. The molecule has 4 radical (unpaired) electrons. The van der Waals surface area contributed by atoms with Crippen molar-refractivity contribution < 1.29 is 137 Å². The number of aromatic nitrogens is 2. The molecule has 4 aromatic rings. The number of rotatable bonds is 2. The molecule has 0 unspecified atom stereocenters. The first kappa shape index (κ1) is 36.8. The van der Waals surface area contributed by atoms with Gasteiger partial charge in [0.1, 0.15) is 0 Å². The summed E-state index contributed by atoms with van der Waals surface area (Å²) in [5, 5.41) is 0. The normalized spacial score (nSPS) is 8.06. The van der Waals surface area contributed by atoms with E-state index in [0.29, 0.717) is 0 Å². The largest absolute Gasteiger partial charge is 0.696 e. The van der Waals surface area contributed by atoms with Crippen LogP contribution in [0.1, 0.15) is 0 Å². The van der Waals surface area contributed by atoms with Crippen molar-refractivity contribution in [3.63, 3.8) is 0 Å². The van der Waals surface area contributed by atoms with Gasteiger partial charge in [-0.3, -0.25) is 16.6 Å². The van der Waals surface area contributed by atoms with Crippen LogP contribution in [0.25, 0.3) is 33.7 Å². The summed E-state index contributed by atoms with van der Waals surface area (Å²) >= 11 is 0. The molecule has 0 saturated heterocycles. The molecule has 0 bridgehead atoms. The molecular formula is C23H22La2N4Y2-2. The molecule has 4 nitrogen and oxygen atoms in total. The zero-order chi connectivity index (χ0) is 19.2. The number of hydrogen-bond donors (Lipinski definition) is 0. The molecule has 0 fully saturated rings. The second kappa shape index (κ2) is 24.4. The van der Waals surface area contributed by atoms with Gasteiger partial charge >= 0.3 is 0 Å². The molecule has 2 N–H and O–H groups in total. The molecule has 148 valence electrons. The van der Waals surface area contributed by atoms with Gasteiger partial charge in [0, 0.05) is 161 Å². The summed E-state index contributed by atoms with van der Waals surface area (Å²) in [4.78, 5) is 7.94. The fraction of sp³-hybridized carbons (Fsp3) is 0.0435. The van der Waals surface area contributed by atoms with Crippen LogP contribution in [-0.2, 0) is 65.4 Å². The maximum atomic E-state index is 5.88. The van der Waals surface area contributed by atoms with E-state index < -0.39 is 0 Å². The standard InChI is InChI=1S/2C11H9N.CH4N2.2La.2Y/c2*1-2-4-10(5-3-1)11-6-8-12-9-7-11;2-1-3;;;;/h2*1-9H;2-3H,1H2;;;;/q;;-2;;;;. The van der Waals surface area contributed by atoms with E-state index in [1.54, 1.807) is 0 Å². The first-order valence-corrected chi connectivity index (χ1v) is 8.55. The average molecular weight is 810 g/mol. The molecule has 0 amide bonds. The molecule has 2 heterocycles. The summed E-state index contributed by atoms with van der Waals surface area (Å²) in [6.45, 7) is -0.250. The van der Waals surface area contributed by atoms with E-state index in [2.05, 4.69) is 34.2 Å². The van der Waals surface area contributed by atoms with Crippen LogP contribution in [0.5, 0.6) is 0 Å². The fourth-order valence-corrected chi connectivity index (χ4v) is 2.35. The Morgan fingerprint density at radius 1 is 0.452 bits per heavy atom. The number of nitrogens with one attached hydrogen (secondary N) is 2. The topological polar surface area (TPSA) is 73.4 Å². The van der Waals surface area contributed by atoms with Gasteiger partial charge in [-0.15, -0.1) is 0 Å². The zero-order valence-corrected chi connectivity index (χ0v) is 30.2. The Balaban J connectivity index is -0.000000403. The Bertz CT molecular complexity index is 723. The van der Waals surface area contributed by atoms with Crippen LogP contribution in [0.4, 0.5) is 0 Å². The molecule has 2 aromatic carbocycles. The summed E-state index contributed by atoms with van der Waals surface area (Å²) in [6.07, 6.45) is 7.23. The summed E-state index contributed by atoms with van der Waals surface area (Å²) < 4.78 is 0. The summed E-state index contributed by atoms with van der Waals surface area (Å²) in [5.41, 5.74) is 16.6. The van der Waals surface area contributed by atoms with E-state index in [0.717, 1.165) is 0 Å². The van der Waals surface area contributed by atoms with E-state index >= 15 is 0 Å². The van der Waals surface area contributed by atoms with Crippen LogP contribution in [0.3, 0.4) is 0 Å². The Morgan fingerprint density at radius 3 is 0.935 bits per heavy atom. The number of nitrogens with zero attached hydrogens (tertiary/aromatic N) is 2. The van der Waals surface area contributed by atoms with Crippen LogP contribution >= 0.6 is 0 Å². The third-order valence-electron chi connectivity index (χ3n) is 3.57. The molecule has 31 heavy (non-hydrogen) atoms. The quantitative estimate of drug-likeness (QED) is 0.231. The Labute approximate surface area is 291 Å². The van der Waals surface area contributed by atoms with Gasteiger partial charge in [0.05, 0.1) is 0 Å². The van der Waals surface area contributed by atoms with Gasteiger partial charge in [0.2, 0.25) is 0 Å². The van der Waals surface area contributed by atoms with E-state index in [1.807, 2.05) is 85.5 Å². The van der Waals surface area contributed by atoms with Crippen LogP contribution in [0.2, 0.25) is 0 Å². The minimum absolute atomic E-state index is 0. The summed E-state index contributed by atoms with van der Waals surface area (Å²) in [6, 6.07) is 28.6. The molecule has 0 atom stereocenters. The van der Waals surface area contributed by atoms with Crippen molar-refractivity contribution >= 4 is 0 Å². The van der Waals surface area contributed by atoms with Crippen molar-refractivity contribution in [1.82, 2.24) is 9.97 Å². The summed E-state index contributed by atoms with van der Waals surface area (Å²) in [5.74, 6) is 0. The van der Waals surface area contributed by atoms with Crippen molar-refractivity contribution in [2.75, 3.05) is 6.67 Å². The van der Waals surface area contributed by atoms with Crippen molar-refractivity contribution in [2.45, 2.75) is 0 Å². The first-order valence-electron chi connectivity index (χ1n) is 8.55. The predicted octanol–water partition coefficient (Wildman–Crippen LogP) is 6.54. The van der Waals surface area contributed by atoms with Gasteiger partial charge in [-0.25, -0.2) is 0 Å². The van der Waals surface area contributed by atoms with E-state index in [9.17, 15) is 0 Å². The van der Waals surface area contributed by atoms with Crippen LogP contribution in [0, 0.1) is 71.2 Å². The van der Waals surface area contributed by atoms with Crippen molar-refractivity contribution in [2.24, 2.45) is 0 Å². The Morgan fingerprint density at radius 2 is 0.677 bits per heavy atom. The van der Waals surface area contributed by atoms with Gasteiger partial charge in [-0.05, 0) is 46.5 Å². The van der Waals surface area contributed by atoms with Crippen molar-refractivity contribution in [1.29, 1.82) is 0 Å². The Kier molecular flexibility index (Phi) is 29.0. The van der Waals surface area contributed by atoms with E-state index in [4.69, 9.17) is 11.5 Å². The maximum absolute atomic E-state index is 5.88. The van der Waals surface area contributed by atoms with Gasteiger partial charge in [-0.1, -0.05) is 60.7 Å². The molecule has 0 aliphatic rings. The maximum Gasteiger partial charge on any atom is 0.0273 e. The van der Waals surface area contributed by atoms with E-state index in [-0.39, 0.29) is 143 Å². The number of pyridine rings is 2. The molecule has 2 aromatic heterocycles. The van der Waals surface area contributed by atoms with E-state index in [1.165, 1.54) is 22.3 Å². The molecule has 0 aliphatic heterocycles. The minimum Gasteiger partial charge on any atom is -0.696 e. The molecular weight excluding hydrogens is 788 g/mol. The molecule has 4 rings (SSSR count). The second-order valence-corrected chi connectivity index (χ2v) is 5.38. The third kappa shape index (κ3) is 15.7. The zero-order valence-electron chi connectivity index (χ0n) is 17.3. The second-order valence-electron chi connectivity index (χ2n) is 5.38. The molecule has 0 spiro atoms. The van der Waals surface area contributed by atoms with Gasteiger partial charge < -0.3 is 11.5 Å². The van der Waals surface area contributed by atoms with Crippen molar-refractivity contribution in [3.8, 4) is 22.3 Å². The smallest absolute Gasteiger partial charge is 0.0273 e. The Hall–Kier alpha value is 1.26. The van der Waals surface area contributed by atoms with Gasteiger partial charge in [-0.2, -0.15) is 0 Å². The van der Waals surface area contributed by atoms with Crippen molar-refractivity contribution in [3.05, 3.63) is 121 Å². The fourth-order valence-electron chi connectivity index (χ4n) is 2.35. The van der Waals surface area contributed by atoms with Gasteiger partial charge in [0.15, 0.2) is 0 Å². The average Bonchev–Trinajstić information content (AvgIpc) is 2.77. The first-order chi connectivity index (χ1) is 13.3. The predicted molar refractivity (Wildman–Crippen MR) is 113 cm³/mol. The van der Waals surface area contributed by atoms with Crippen LogP contribution in [0.15, 0.2) is 110 Å². The number of hydrogen-bond acceptors (Lipinski definition) is 2.